The molecule has 0 aliphatic heterocycles. The molecular formula is C7H9N3. The van der Waals surface area contributed by atoms with Crippen LogP contribution in [0.15, 0.2) is 12.2 Å². The van der Waals surface area contributed by atoms with Gasteiger partial charge in [-0.2, -0.15) is 0 Å². The number of anilines is 1. The van der Waals surface area contributed by atoms with Gasteiger partial charge in [-0.1, -0.05) is 0 Å². The molecule has 1 aliphatic rings. The largest absolute Gasteiger partial charge is 0.368 e. The van der Waals surface area contributed by atoms with Crippen LogP contribution in [0.5, 0.6) is 0 Å². The normalized spacial score (nSPS) is 40.6. The number of nitrogen functional groups attached to an aromatic ring is 1. The Morgan fingerprint density at radius 3 is 3.40 bits per heavy atom. The summed E-state index contributed by atoms with van der Waals surface area (Å²) in [5, 5.41) is 0. The summed E-state index contributed by atoms with van der Waals surface area (Å²) in [5.41, 5.74) is 4.79. The van der Waals surface area contributed by atoms with Crippen molar-refractivity contribution in [2.75, 3.05) is 5.73 Å². The van der Waals surface area contributed by atoms with Gasteiger partial charge in [-0.15, -0.1) is 0 Å². The fraction of sp³-hybridized carbons (Fsp3) is 0.429. The maximum atomic E-state index is 7.82. The zero-order valence-corrected chi connectivity index (χ0v) is 4.97. The third kappa shape index (κ3) is 0.943. The quantitative estimate of drug-likeness (QED) is 0.634. The van der Waals surface area contributed by atoms with Crippen molar-refractivity contribution < 1.29 is 9.60 Å². The second-order valence-electron chi connectivity index (χ2n) is 1.79. The second-order valence-corrected chi connectivity index (χ2v) is 1.79. The van der Waals surface area contributed by atoms with Gasteiger partial charge in [0, 0.05) is 24.6 Å². The molecule has 0 bridgehead atoms. The monoisotopic (exact) mass is 142 g/mol. The molecular weight excluding hydrogens is 126 g/mol. The van der Waals surface area contributed by atoms with Crippen LogP contribution in [0.4, 0.5) is 5.95 Å². The third-order valence-corrected chi connectivity index (χ3v) is 1.06. The van der Waals surface area contributed by atoms with Gasteiger partial charge in [0.05, 0.1) is 2.74 Å². The predicted octanol–water partition coefficient (Wildman–Crippen LogP) is 0.936. The van der Waals surface area contributed by atoms with Gasteiger partial charge in [0.15, 0.2) is 0 Å². The van der Waals surface area contributed by atoms with Crippen LogP contribution >= 0.6 is 0 Å². The molecule has 0 atom stereocenters. The molecule has 1 fully saturated rings. The lowest BCUT2D eigenvalue weighted by molar-refractivity contribution is 0.998. The zero-order chi connectivity index (χ0) is 13.2. The maximum absolute atomic E-state index is 7.82. The molecule has 2 N–H and O–H groups in total. The minimum atomic E-state index is -2.47. The van der Waals surface area contributed by atoms with Crippen molar-refractivity contribution in [2.45, 2.75) is 18.6 Å². The summed E-state index contributed by atoms with van der Waals surface area (Å²) >= 11 is 0. The average molecular weight is 142 g/mol. The van der Waals surface area contributed by atoms with E-state index in [4.69, 9.17) is 15.3 Å². The average Bonchev–Trinajstić information content (AvgIpc) is 2.51. The molecule has 0 spiro atoms. The zero-order valence-electron chi connectivity index (χ0n) is 12.0. The van der Waals surface area contributed by atoms with Crippen molar-refractivity contribution in [3.05, 3.63) is 17.9 Å². The molecule has 1 aliphatic carbocycles. The molecule has 0 amide bonds. The van der Waals surface area contributed by atoms with Gasteiger partial charge in [-0.05, 0) is 18.8 Å². The molecule has 1 aromatic rings. The minimum absolute atomic E-state index is 0.369. The molecule has 2 rings (SSSR count). The van der Waals surface area contributed by atoms with Gasteiger partial charge < -0.3 is 5.73 Å². The summed E-state index contributed by atoms with van der Waals surface area (Å²) in [4.78, 5) is 6.94. The molecule has 3 heteroatoms. The highest BCUT2D eigenvalue weighted by atomic mass is 15.0. The summed E-state index contributed by atoms with van der Waals surface area (Å²) in [6.45, 7) is 0. The van der Waals surface area contributed by atoms with E-state index in [1.165, 1.54) is 0 Å². The van der Waals surface area contributed by atoms with E-state index in [1.54, 1.807) is 0 Å². The molecule has 3 nitrogen and oxygen atoms in total. The van der Waals surface area contributed by atoms with Crippen LogP contribution in [-0.4, -0.2) is 9.97 Å². The van der Waals surface area contributed by atoms with Crippen molar-refractivity contribution >= 4 is 5.95 Å². The Bertz CT molecular complexity index is 486. The molecule has 0 unspecified atom stereocenters. The number of nitrogens with zero attached hydrogens (tertiary/aromatic N) is 2. The fourth-order valence-electron chi connectivity index (χ4n) is 0.574. The molecule has 10 heavy (non-hydrogen) atoms. The minimum Gasteiger partial charge on any atom is -0.368 e. The maximum Gasteiger partial charge on any atom is 0.220 e. The molecule has 0 radical (unpaired) electrons. The number of nitrogens with two attached hydrogens (primary N) is 1. The van der Waals surface area contributed by atoms with E-state index in [0.29, 0.717) is 0 Å². The van der Waals surface area contributed by atoms with Crippen molar-refractivity contribution in [1.29, 1.82) is 0 Å². The molecule has 1 heterocycles. The third-order valence-electron chi connectivity index (χ3n) is 1.06. The van der Waals surface area contributed by atoms with Crippen LogP contribution in [0, 0.1) is 0 Å². The smallest absolute Gasteiger partial charge is 0.220 e. The van der Waals surface area contributed by atoms with E-state index >= 15 is 0 Å². The van der Waals surface area contributed by atoms with Crippen molar-refractivity contribution in [3.63, 3.8) is 0 Å². The Balaban J connectivity index is 2.66. The summed E-state index contributed by atoms with van der Waals surface area (Å²) in [5.74, 6) is -2.68. The van der Waals surface area contributed by atoms with Crippen molar-refractivity contribution in [1.82, 2.24) is 9.97 Å². The lowest BCUT2D eigenvalue weighted by Crippen LogP contribution is -1.96. The molecule has 1 saturated carbocycles. The highest BCUT2D eigenvalue weighted by Gasteiger charge is 2.24. The first-order valence-electron chi connectivity index (χ1n) is 6.18. The van der Waals surface area contributed by atoms with Gasteiger partial charge in [-0.25, -0.2) is 9.97 Å². The predicted molar refractivity (Wildman–Crippen MR) is 38.4 cm³/mol. The van der Waals surface area contributed by atoms with Crippen LogP contribution < -0.4 is 5.73 Å². The van der Waals surface area contributed by atoms with Gasteiger partial charge >= 0.3 is 0 Å². The molecule has 0 saturated heterocycles. The standard InChI is InChI=1S/C7H9N3/c8-7-9-4-3-6(10-7)5-1-2-5/h3-5H,1-2H2,(H2,8,9,10)/i1D2,2D2,3D,4D,5D. The lowest BCUT2D eigenvalue weighted by atomic mass is 10.3. The first-order valence-corrected chi connectivity index (χ1v) is 2.68. The molecule has 1 aromatic heterocycles. The van der Waals surface area contributed by atoms with E-state index in [-0.39, 0.29) is 5.95 Å². The number of hydrogen-bond acceptors (Lipinski definition) is 3. The van der Waals surface area contributed by atoms with Gasteiger partial charge in [0.25, 0.3) is 0 Å². The topological polar surface area (TPSA) is 51.8 Å². The summed E-state index contributed by atoms with van der Waals surface area (Å²) < 4.78 is 52.4. The van der Waals surface area contributed by atoms with Crippen LogP contribution in [0.3, 0.4) is 0 Å². The summed E-state index contributed by atoms with van der Waals surface area (Å²) in [6, 6.07) is -0.570. The molecule has 52 valence electrons. The van der Waals surface area contributed by atoms with E-state index in [1.807, 2.05) is 0 Å². The molecule has 0 aromatic carbocycles. The summed E-state index contributed by atoms with van der Waals surface area (Å²) in [6.07, 6.45) is -5.48. The highest BCUT2D eigenvalue weighted by molar-refractivity contribution is 5.22. The lowest BCUT2D eigenvalue weighted by Gasteiger charge is -1.95. The van der Waals surface area contributed by atoms with Crippen molar-refractivity contribution in [3.8, 4) is 0 Å². The van der Waals surface area contributed by atoms with Crippen LogP contribution in [0.1, 0.15) is 33.9 Å². The Morgan fingerprint density at radius 1 is 1.90 bits per heavy atom. The van der Waals surface area contributed by atoms with E-state index in [0.717, 1.165) is 0 Å². The highest BCUT2D eigenvalue weighted by Crippen LogP contribution is 2.38. The number of rotatable bonds is 1. The van der Waals surface area contributed by atoms with E-state index in [2.05, 4.69) is 9.97 Å². The number of aromatic nitrogens is 2. The van der Waals surface area contributed by atoms with Gasteiger partial charge in [-0.3, -0.25) is 0 Å². The van der Waals surface area contributed by atoms with Gasteiger partial charge in [0.2, 0.25) is 5.95 Å². The number of hydrogen-bond donors (Lipinski definition) is 1. The van der Waals surface area contributed by atoms with Gasteiger partial charge in [0.1, 0.15) is 0 Å². The first-order chi connectivity index (χ1) is 7.57. The van der Waals surface area contributed by atoms with E-state index in [9.17, 15) is 0 Å². The van der Waals surface area contributed by atoms with Crippen LogP contribution in [0.2, 0.25) is 0 Å². The van der Waals surface area contributed by atoms with Crippen LogP contribution in [-0.2, 0) is 0 Å². The first kappa shape index (κ1) is 1.94. The Labute approximate surface area is 69.1 Å². The summed E-state index contributed by atoms with van der Waals surface area (Å²) in [7, 11) is 0. The Morgan fingerprint density at radius 2 is 2.70 bits per heavy atom. The SMILES string of the molecule is [2H]c1nc(N)nc(C2([2H])C([2H])([2H])C2([2H])[2H])c1[2H]. The van der Waals surface area contributed by atoms with Crippen LogP contribution in [0.25, 0.3) is 0 Å². The Hall–Kier alpha value is -1.12. The Kier molecular flexibility index (Phi) is 0.375. The fourth-order valence-corrected chi connectivity index (χ4v) is 0.574. The van der Waals surface area contributed by atoms with E-state index < -0.39 is 36.5 Å². The van der Waals surface area contributed by atoms with Crippen molar-refractivity contribution in [2.24, 2.45) is 0 Å². The second kappa shape index (κ2) is 1.94.